The average molecular weight is 380 g/mol. The standard InChI is InChI=1S/C15H26O7P2/c1-3-4-5-6-7-8-13-20-24(19,22-23(16,17)18)21-15-11-9-14(2)10-12-15/h9-12H,3-8,13H2,1-2H3,(H2,16,17,18). The number of benzene rings is 1. The summed E-state index contributed by atoms with van der Waals surface area (Å²) < 4.78 is 37.9. The molecule has 0 radical (unpaired) electrons. The summed E-state index contributed by atoms with van der Waals surface area (Å²) in [5.74, 6) is 0.153. The van der Waals surface area contributed by atoms with Crippen LogP contribution in [0, 0.1) is 6.92 Å². The van der Waals surface area contributed by atoms with Crippen LogP contribution >= 0.6 is 15.6 Å². The first-order chi connectivity index (χ1) is 11.2. The van der Waals surface area contributed by atoms with Crippen LogP contribution in [0.4, 0.5) is 0 Å². The smallest absolute Gasteiger partial charge is 0.404 e. The Hall–Kier alpha value is -0.680. The van der Waals surface area contributed by atoms with Crippen LogP contribution in [0.15, 0.2) is 24.3 Å². The molecule has 0 aliphatic heterocycles. The van der Waals surface area contributed by atoms with Gasteiger partial charge in [-0.05, 0) is 25.5 Å². The summed E-state index contributed by atoms with van der Waals surface area (Å²) in [5.41, 5.74) is 0.959. The number of phosphoric ester groups is 1. The third kappa shape index (κ3) is 9.58. The quantitative estimate of drug-likeness (QED) is 0.390. The van der Waals surface area contributed by atoms with Gasteiger partial charge in [0.25, 0.3) is 0 Å². The summed E-state index contributed by atoms with van der Waals surface area (Å²) >= 11 is 0. The van der Waals surface area contributed by atoms with E-state index in [1.54, 1.807) is 12.1 Å². The van der Waals surface area contributed by atoms with Crippen molar-refractivity contribution in [3.63, 3.8) is 0 Å². The van der Waals surface area contributed by atoms with Crippen LogP contribution in [0.2, 0.25) is 0 Å². The van der Waals surface area contributed by atoms with Gasteiger partial charge in [-0.3, -0.25) is 4.52 Å². The lowest BCUT2D eigenvalue weighted by Gasteiger charge is -2.18. The van der Waals surface area contributed by atoms with Crippen molar-refractivity contribution in [2.75, 3.05) is 6.61 Å². The molecule has 0 spiro atoms. The van der Waals surface area contributed by atoms with Crippen molar-refractivity contribution >= 4 is 15.6 Å². The second-order valence-corrected chi connectivity index (χ2v) is 8.49. The Kier molecular flexibility index (Phi) is 9.21. The van der Waals surface area contributed by atoms with Gasteiger partial charge in [0, 0.05) is 0 Å². The van der Waals surface area contributed by atoms with Crippen molar-refractivity contribution < 1.29 is 32.3 Å². The monoisotopic (exact) mass is 380 g/mol. The first-order valence-electron chi connectivity index (χ1n) is 8.02. The van der Waals surface area contributed by atoms with Gasteiger partial charge in [-0.25, -0.2) is 9.13 Å². The molecule has 0 amide bonds. The van der Waals surface area contributed by atoms with Gasteiger partial charge < -0.3 is 14.3 Å². The van der Waals surface area contributed by atoms with Gasteiger partial charge in [-0.1, -0.05) is 56.7 Å². The molecule has 24 heavy (non-hydrogen) atoms. The van der Waals surface area contributed by atoms with E-state index >= 15 is 0 Å². The summed E-state index contributed by atoms with van der Waals surface area (Å²) in [5, 5.41) is 0. The molecule has 138 valence electrons. The molecule has 9 heteroatoms. The van der Waals surface area contributed by atoms with Crippen molar-refractivity contribution in [1.82, 2.24) is 0 Å². The van der Waals surface area contributed by atoms with Gasteiger partial charge in [-0.2, -0.15) is 4.31 Å². The number of hydrogen-bond acceptors (Lipinski definition) is 5. The third-order valence-corrected chi connectivity index (χ3v) is 5.78. The Bertz CT molecular complexity index is 568. The molecule has 0 bridgehead atoms. The van der Waals surface area contributed by atoms with Crippen LogP contribution in [0.5, 0.6) is 5.75 Å². The molecule has 0 saturated carbocycles. The molecular weight excluding hydrogens is 354 g/mol. The maximum Gasteiger partial charge on any atom is 0.539 e. The molecule has 2 N–H and O–H groups in total. The predicted molar refractivity (Wildman–Crippen MR) is 91.9 cm³/mol. The number of hydrogen-bond donors (Lipinski definition) is 2. The third-order valence-electron chi connectivity index (χ3n) is 3.19. The number of rotatable bonds is 12. The van der Waals surface area contributed by atoms with E-state index in [0.717, 1.165) is 37.7 Å². The Balaban J connectivity index is 2.57. The van der Waals surface area contributed by atoms with E-state index in [2.05, 4.69) is 11.2 Å². The van der Waals surface area contributed by atoms with E-state index in [4.69, 9.17) is 18.8 Å². The Morgan fingerprint density at radius 3 is 2.12 bits per heavy atom. The van der Waals surface area contributed by atoms with E-state index < -0.39 is 15.6 Å². The van der Waals surface area contributed by atoms with Crippen molar-refractivity contribution in [2.24, 2.45) is 0 Å². The van der Waals surface area contributed by atoms with Crippen molar-refractivity contribution in [2.45, 2.75) is 52.4 Å². The van der Waals surface area contributed by atoms with Gasteiger partial charge in [-0.15, -0.1) is 0 Å². The normalized spacial score (nSPS) is 14.3. The molecule has 1 rings (SSSR count). The topological polar surface area (TPSA) is 102 Å². The van der Waals surface area contributed by atoms with Crippen LogP contribution < -0.4 is 4.52 Å². The fourth-order valence-corrected chi connectivity index (χ4v) is 4.13. The minimum atomic E-state index is -5.02. The predicted octanol–water partition coefficient (Wildman–Crippen LogP) is 4.97. The first kappa shape index (κ1) is 21.4. The minimum Gasteiger partial charge on any atom is -0.404 e. The van der Waals surface area contributed by atoms with Gasteiger partial charge >= 0.3 is 15.6 Å². The van der Waals surface area contributed by atoms with Crippen LogP contribution in [0.1, 0.15) is 51.0 Å². The number of phosphoric acid groups is 2. The second kappa shape index (κ2) is 10.3. The highest BCUT2D eigenvalue weighted by Gasteiger charge is 2.37. The van der Waals surface area contributed by atoms with Gasteiger partial charge in [0.1, 0.15) is 5.75 Å². The maximum atomic E-state index is 12.5. The molecule has 1 atom stereocenters. The summed E-state index contributed by atoms with van der Waals surface area (Å²) in [6, 6.07) is 6.48. The van der Waals surface area contributed by atoms with Crippen LogP contribution in [-0.2, 0) is 18.0 Å². The Labute approximate surface area is 143 Å². The SMILES string of the molecule is CCCCCCCCOP(=O)(Oc1ccc(C)cc1)OP(=O)(O)O. The lowest BCUT2D eigenvalue weighted by molar-refractivity contribution is 0.181. The van der Waals surface area contributed by atoms with E-state index in [9.17, 15) is 9.13 Å². The first-order valence-corrected chi connectivity index (χ1v) is 11.0. The molecule has 0 aromatic heterocycles. The molecule has 0 saturated heterocycles. The van der Waals surface area contributed by atoms with E-state index in [1.165, 1.54) is 12.1 Å². The fourth-order valence-electron chi connectivity index (χ4n) is 1.98. The molecule has 1 unspecified atom stereocenters. The largest absolute Gasteiger partial charge is 0.539 e. The van der Waals surface area contributed by atoms with Crippen LogP contribution in [-0.4, -0.2) is 16.4 Å². The number of aryl methyl sites for hydroxylation is 1. The summed E-state index contributed by atoms with van der Waals surface area (Å²) in [6.45, 7) is 4.03. The summed E-state index contributed by atoms with van der Waals surface area (Å²) in [7, 11) is -9.42. The minimum absolute atomic E-state index is 0.0370. The lowest BCUT2D eigenvalue weighted by atomic mass is 10.1. The molecule has 0 heterocycles. The van der Waals surface area contributed by atoms with Crippen molar-refractivity contribution in [3.8, 4) is 5.75 Å². The average Bonchev–Trinajstić information content (AvgIpc) is 2.47. The van der Waals surface area contributed by atoms with Gasteiger partial charge in [0.15, 0.2) is 0 Å². The number of unbranched alkanes of at least 4 members (excludes halogenated alkanes) is 5. The van der Waals surface area contributed by atoms with E-state index in [1.807, 2.05) is 6.92 Å². The molecular formula is C15H26O7P2. The zero-order chi connectivity index (χ0) is 18.1. The van der Waals surface area contributed by atoms with Gasteiger partial charge in [0.05, 0.1) is 6.61 Å². The molecule has 7 nitrogen and oxygen atoms in total. The van der Waals surface area contributed by atoms with Crippen molar-refractivity contribution in [1.29, 1.82) is 0 Å². The summed E-state index contributed by atoms with van der Waals surface area (Å²) in [4.78, 5) is 17.9. The zero-order valence-corrected chi connectivity index (χ0v) is 15.9. The molecule has 0 aliphatic carbocycles. The Morgan fingerprint density at radius 1 is 0.958 bits per heavy atom. The summed E-state index contributed by atoms with van der Waals surface area (Å²) in [6.07, 6.45) is 5.94. The molecule has 0 fully saturated rings. The lowest BCUT2D eigenvalue weighted by Crippen LogP contribution is -2.03. The fraction of sp³-hybridized carbons (Fsp3) is 0.600. The zero-order valence-electron chi connectivity index (χ0n) is 14.1. The van der Waals surface area contributed by atoms with Gasteiger partial charge in [0.2, 0.25) is 0 Å². The highest BCUT2D eigenvalue weighted by Crippen LogP contribution is 2.60. The highest BCUT2D eigenvalue weighted by molar-refractivity contribution is 7.61. The Morgan fingerprint density at radius 2 is 1.54 bits per heavy atom. The maximum absolute atomic E-state index is 12.5. The van der Waals surface area contributed by atoms with Crippen molar-refractivity contribution in [3.05, 3.63) is 29.8 Å². The second-order valence-electron chi connectivity index (χ2n) is 5.52. The highest BCUT2D eigenvalue weighted by atomic mass is 31.3. The van der Waals surface area contributed by atoms with E-state index in [0.29, 0.717) is 6.42 Å². The van der Waals surface area contributed by atoms with Crippen LogP contribution in [0.3, 0.4) is 0 Å². The van der Waals surface area contributed by atoms with Crippen LogP contribution in [0.25, 0.3) is 0 Å². The molecule has 1 aromatic rings. The molecule has 0 aliphatic rings. The molecule has 1 aromatic carbocycles. The van der Waals surface area contributed by atoms with E-state index in [-0.39, 0.29) is 12.4 Å².